The summed E-state index contributed by atoms with van der Waals surface area (Å²) in [6.07, 6.45) is 3.27. The van der Waals surface area contributed by atoms with Gasteiger partial charge in [0.1, 0.15) is 0 Å². The third-order valence-corrected chi connectivity index (χ3v) is 6.12. The van der Waals surface area contributed by atoms with Crippen molar-refractivity contribution < 1.29 is 14.6 Å². The van der Waals surface area contributed by atoms with Crippen LogP contribution in [0, 0.1) is 5.41 Å². The van der Waals surface area contributed by atoms with Gasteiger partial charge in [-0.05, 0) is 37.8 Å². The smallest absolute Gasteiger partial charge is 0.255 e. The van der Waals surface area contributed by atoms with E-state index in [2.05, 4.69) is 4.90 Å². The Hall–Kier alpha value is -1.14. The summed E-state index contributed by atoms with van der Waals surface area (Å²) in [4.78, 5) is 17.3. The lowest BCUT2D eigenvalue weighted by Crippen LogP contribution is -2.59. The van der Waals surface area contributed by atoms with Crippen molar-refractivity contribution in [1.29, 1.82) is 0 Å². The summed E-state index contributed by atoms with van der Waals surface area (Å²) in [5.41, 5.74) is 0.314. The monoisotopic (exact) mass is 380 g/mol. The topological polar surface area (TPSA) is 53.0 Å². The van der Waals surface area contributed by atoms with Crippen LogP contribution in [0.5, 0.6) is 0 Å². The second-order valence-corrected chi connectivity index (χ2v) is 8.01. The van der Waals surface area contributed by atoms with Crippen molar-refractivity contribution in [3.05, 3.63) is 34.9 Å². The van der Waals surface area contributed by atoms with Gasteiger partial charge in [0.15, 0.2) is 0 Å². The molecule has 1 aromatic rings. The Morgan fingerprint density at radius 2 is 2.15 bits per heavy atom. The van der Waals surface area contributed by atoms with Crippen LogP contribution in [-0.4, -0.2) is 73.4 Å². The molecule has 0 radical (unpaired) electrons. The maximum atomic E-state index is 13.0. The van der Waals surface area contributed by atoms with Gasteiger partial charge in [-0.15, -0.1) is 0 Å². The number of aliphatic hydroxyl groups excluding tert-OH is 1. The number of hydrogen-bond acceptors (Lipinski definition) is 4. The average Bonchev–Trinajstić information content (AvgIpc) is 2.65. The summed E-state index contributed by atoms with van der Waals surface area (Å²) in [6.45, 7) is 4.79. The van der Waals surface area contributed by atoms with Gasteiger partial charge in [0.2, 0.25) is 0 Å². The number of hydrogen-bond donors (Lipinski definition) is 1. The minimum atomic E-state index is -0.358. The van der Waals surface area contributed by atoms with E-state index in [0.29, 0.717) is 17.1 Å². The minimum absolute atomic E-state index is 0.0293. The molecule has 144 valence electrons. The zero-order chi connectivity index (χ0) is 18.6. The van der Waals surface area contributed by atoms with Crippen molar-refractivity contribution in [1.82, 2.24) is 9.80 Å². The SMILES string of the molecule is COCCCN1CC[C@@H](O)[C@]2(CCCN(C(=O)c3ccccc3Cl)C2)C1. The number of piperidine rings is 2. The summed E-state index contributed by atoms with van der Waals surface area (Å²) in [6, 6.07) is 7.20. The van der Waals surface area contributed by atoms with E-state index >= 15 is 0 Å². The Labute approximate surface area is 160 Å². The van der Waals surface area contributed by atoms with Gasteiger partial charge in [-0.1, -0.05) is 23.7 Å². The quantitative estimate of drug-likeness (QED) is 0.798. The number of rotatable bonds is 5. The van der Waals surface area contributed by atoms with Crippen LogP contribution in [0.1, 0.15) is 36.0 Å². The van der Waals surface area contributed by atoms with Crippen LogP contribution in [0.25, 0.3) is 0 Å². The summed E-state index contributed by atoms with van der Waals surface area (Å²) in [5, 5.41) is 11.3. The van der Waals surface area contributed by atoms with Crippen molar-refractivity contribution in [2.45, 2.75) is 31.8 Å². The molecular formula is C20H29ClN2O3. The van der Waals surface area contributed by atoms with Crippen molar-refractivity contribution in [2.75, 3.05) is 46.4 Å². The van der Waals surface area contributed by atoms with Crippen LogP contribution in [0.3, 0.4) is 0 Å². The summed E-state index contributed by atoms with van der Waals surface area (Å²) >= 11 is 6.22. The highest BCUT2D eigenvalue weighted by atomic mass is 35.5. The van der Waals surface area contributed by atoms with E-state index in [1.54, 1.807) is 19.2 Å². The van der Waals surface area contributed by atoms with Gasteiger partial charge in [0.25, 0.3) is 5.91 Å². The highest BCUT2D eigenvalue weighted by Gasteiger charge is 2.46. The molecule has 0 bridgehead atoms. The lowest BCUT2D eigenvalue weighted by atomic mass is 9.71. The molecule has 2 atom stereocenters. The lowest BCUT2D eigenvalue weighted by molar-refractivity contribution is -0.0793. The van der Waals surface area contributed by atoms with Crippen LogP contribution < -0.4 is 0 Å². The zero-order valence-electron chi connectivity index (χ0n) is 15.5. The molecule has 3 rings (SSSR count). The van der Waals surface area contributed by atoms with E-state index in [1.165, 1.54) is 0 Å². The third-order valence-electron chi connectivity index (χ3n) is 5.79. The predicted molar refractivity (Wildman–Crippen MR) is 103 cm³/mol. The second kappa shape index (κ2) is 8.70. The van der Waals surface area contributed by atoms with Crippen LogP contribution in [0.15, 0.2) is 24.3 Å². The number of likely N-dealkylation sites (tertiary alicyclic amines) is 2. The first-order chi connectivity index (χ1) is 12.6. The molecule has 0 saturated carbocycles. The number of aliphatic hydroxyl groups is 1. The Kier molecular flexibility index (Phi) is 6.56. The zero-order valence-corrected chi connectivity index (χ0v) is 16.2. The van der Waals surface area contributed by atoms with E-state index in [0.717, 1.165) is 58.5 Å². The fourth-order valence-electron chi connectivity index (χ4n) is 4.40. The largest absolute Gasteiger partial charge is 0.392 e. The normalized spacial score (nSPS) is 27.0. The molecule has 0 aromatic heterocycles. The fourth-order valence-corrected chi connectivity index (χ4v) is 4.62. The van der Waals surface area contributed by atoms with Crippen molar-refractivity contribution >= 4 is 17.5 Å². The van der Waals surface area contributed by atoms with Gasteiger partial charge in [-0.2, -0.15) is 0 Å². The molecule has 2 aliphatic heterocycles. The summed E-state index contributed by atoms with van der Waals surface area (Å²) < 4.78 is 5.16. The number of nitrogens with zero attached hydrogens (tertiary/aromatic N) is 2. The molecule has 5 nitrogen and oxygen atoms in total. The Morgan fingerprint density at radius 3 is 2.92 bits per heavy atom. The summed E-state index contributed by atoms with van der Waals surface area (Å²) in [7, 11) is 1.72. The molecule has 0 aliphatic carbocycles. The molecule has 1 spiro atoms. The third kappa shape index (κ3) is 4.22. The number of carbonyl (C=O) groups is 1. The Morgan fingerprint density at radius 1 is 1.35 bits per heavy atom. The van der Waals surface area contributed by atoms with Gasteiger partial charge < -0.3 is 19.6 Å². The molecule has 2 fully saturated rings. The van der Waals surface area contributed by atoms with Gasteiger partial charge in [0.05, 0.1) is 16.7 Å². The lowest BCUT2D eigenvalue weighted by Gasteiger charge is -2.51. The van der Waals surface area contributed by atoms with E-state index < -0.39 is 0 Å². The van der Waals surface area contributed by atoms with E-state index in [9.17, 15) is 9.90 Å². The number of ether oxygens (including phenoxy) is 1. The summed E-state index contributed by atoms with van der Waals surface area (Å²) in [5.74, 6) is -0.0293. The van der Waals surface area contributed by atoms with Crippen molar-refractivity contribution in [3.63, 3.8) is 0 Å². The number of methoxy groups -OCH3 is 1. The van der Waals surface area contributed by atoms with Gasteiger partial charge in [0, 0.05) is 51.9 Å². The van der Waals surface area contributed by atoms with Crippen LogP contribution in [0.2, 0.25) is 5.02 Å². The molecule has 2 aliphatic rings. The van der Waals surface area contributed by atoms with Crippen molar-refractivity contribution in [3.8, 4) is 0 Å². The molecular weight excluding hydrogens is 352 g/mol. The van der Waals surface area contributed by atoms with Gasteiger partial charge >= 0.3 is 0 Å². The average molecular weight is 381 g/mol. The van der Waals surface area contributed by atoms with Crippen LogP contribution in [0.4, 0.5) is 0 Å². The van der Waals surface area contributed by atoms with Crippen molar-refractivity contribution in [2.24, 2.45) is 5.41 Å². The van der Waals surface area contributed by atoms with E-state index in [-0.39, 0.29) is 17.4 Å². The van der Waals surface area contributed by atoms with Gasteiger partial charge in [-0.3, -0.25) is 4.79 Å². The molecule has 26 heavy (non-hydrogen) atoms. The highest BCUT2D eigenvalue weighted by Crippen LogP contribution is 2.39. The number of halogens is 1. The first-order valence-corrected chi connectivity index (χ1v) is 9.87. The fraction of sp³-hybridized carbons (Fsp3) is 0.650. The van der Waals surface area contributed by atoms with Crippen LogP contribution >= 0.6 is 11.6 Å². The predicted octanol–water partition coefficient (Wildman–Crippen LogP) is 2.67. The molecule has 2 heterocycles. The maximum Gasteiger partial charge on any atom is 0.255 e. The highest BCUT2D eigenvalue weighted by molar-refractivity contribution is 6.33. The molecule has 1 amide bonds. The number of amides is 1. The second-order valence-electron chi connectivity index (χ2n) is 7.60. The van der Waals surface area contributed by atoms with E-state index in [4.69, 9.17) is 16.3 Å². The minimum Gasteiger partial charge on any atom is -0.392 e. The van der Waals surface area contributed by atoms with E-state index in [1.807, 2.05) is 17.0 Å². The number of benzene rings is 1. The maximum absolute atomic E-state index is 13.0. The number of carbonyl (C=O) groups excluding carboxylic acids is 1. The molecule has 1 aromatic carbocycles. The van der Waals surface area contributed by atoms with Crippen LogP contribution in [-0.2, 0) is 4.74 Å². The Bertz CT molecular complexity index is 627. The molecule has 1 N–H and O–H groups in total. The molecule has 0 unspecified atom stereocenters. The standard InChI is InChI=1S/C20H29ClN2O3/c1-26-13-5-10-22-12-8-18(24)20(14-22)9-4-11-23(15-20)19(25)16-6-2-3-7-17(16)21/h2-3,6-7,18,24H,4-5,8-15H2,1H3/t18-,20-/m1/s1. The van der Waals surface area contributed by atoms with Gasteiger partial charge in [-0.25, -0.2) is 0 Å². The first kappa shape index (κ1) is 19.6. The molecule has 6 heteroatoms. The Balaban J connectivity index is 1.71. The molecule has 2 saturated heterocycles. The first-order valence-electron chi connectivity index (χ1n) is 9.49.